The molecular weight excluding hydrogens is 627 g/mol. The quantitative estimate of drug-likeness (QED) is 0.155. The minimum Gasteiger partial charge on any atom is -0.299 e. The van der Waals surface area contributed by atoms with Gasteiger partial charge in [0, 0.05) is 59.5 Å². The summed E-state index contributed by atoms with van der Waals surface area (Å²) in [6, 6.07) is 17.5. The highest BCUT2D eigenvalue weighted by Crippen LogP contribution is 2.47. The van der Waals surface area contributed by atoms with Gasteiger partial charge in [-0.2, -0.15) is 4.31 Å². The van der Waals surface area contributed by atoms with Gasteiger partial charge in [-0.25, -0.2) is 13.1 Å². The Bertz CT molecular complexity index is 2030. The van der Waals surface area contributed by atoms with Crippen LogP contribution >= 0.6 is 11.3 Å². The Balaban J connectivity index is 1.43. The lowest BCUT2D eigenvalue weighted by molar-refractivity contribution is -0.127. The number of Topliss-reactive ketones (excluding diaryl/α,β-unsaturated/α-hetero) is 1. The third kappa shape index (κ3) is 6.19. The standard InChI is InChI=1S/C37H43N5O3S2/c1-7-26-18-28-13-9-10-14-33(28)47(44,45)41(22-26)23-29-20-32(46-25(29)4)35(37(5,6)34(43)19-27-12-11-17-38-21-27)30-15-16-31-36(24(30)3)39-40-42(31)8-2/h9-17,20-21,26,35H,7-8,18-19,22-23H2,1-6H3/t26-,35+/m0/s1. The van der Waals surface area contributed by atoms with E-state index in [2.05, 4.69) is 54.3 Å². The van der Waals surface area contributed by atoms with E-state index in [4.69, 9.17) is 0 Å². The van der Waals surface area contributed by atoms with Gasteiger partial charge in [-0.05, 0) is 85.2 Å². The summed E-state index contributed by atoms with van der Waals surface area (Å²) in [5.41, 5.74) is 5.76. The minimum atomic E-state index is -3.69. The molecule has 6 rings (SSSR count). The smallest absolute Gasteiger partial charge is 0.243 e. The largest absolute Gasteiger partial charge is 0.299 e. The van der Waals surface area contributed by atoms with E-state index in [9.17, 15) is 13.2 Å². The molecule has 47 heavy (non-hydrogen) atoms. The highest BCUT2D eigenvalue weighted by atomic mass is 32.2. The van der Waals surface area contributed by atoms with Crippen LogP contribution in [0.15, 0.2) is 71.9 Å². The van der Waals surface area contributed by atoms with E-state index >= 15 is 0 Å². The average Bonchev–Trinajstić information content (AvgIpc) is 3.62. The summed E-state index contributed by atoms with van der Waals surface area (Å²) >= 11 is 1.65. The van der Waals surface area contributed by atoms with Gasteiger partial charge in [0.05, 0.1) is 10.4 Å². The molecule has 1 aliphatic heterocycles. The molecule has 0 spiro atoms. The van der Waals surface area contributed by atoms with Crippen molar-refractivity contribution in [2.75, 3.05) is 6.54 Å². The van der Waals surface area contributed by atoms with Gasteiger partial charge < -0.3 is 0 Å². The topological polar surface area (TPSA) is 98.0 Å². The van der Waals surface area contributed by atoms with Gasteiger partial charge in [-0.1, -0.05) is 62.7 Å². The molecule has 246 valence electrons. The molecule has 4 heterocycles. The molecule has 0 radical (unpaired) electrons. The summed E-state index contributed by atoms with van der Waals surface area (Å²) in [5, 5.41) is 8.90. The second-order valence-electron chi connectivity index (χ2n) is 13.3. The second kappa shape index (κ2) is 13.1. The van der Waals surface area contributed by atoms with Crippen LogP contribution in [0.25, 0.3) is 11.0 Å². The molecule has 0 amide bonds. The maximum absolute atomic E-state index is 14.2. The van der Waals surface area contributed by atoms with E-state index in [0.717, 1.165) is 61.4 Å². The SMILES string of the molecule is CC[C@H]1Cc2ccccc2S(=O)(=O)N(Cc2cc([C@@H](c3ccc4c(nnn4CC)c3C)C(C)(C)C(=O)Cc3cccnc3)sc2C)C1. The van der Waals surface area contributed by atoms with Crippen LogP contribution in [0, 0.1) is 25.2 Å². The van der Waals surface area contributed by atoms with Gasteiger partial charge in [0.1, 0.15) is 11.3 Å². The third-order valence-corrected chi connectivity index (χ3v) is 13.0. The van der Waals surface area contributed by atoms with Gasteiger partial charge in [0.2, 0.25) is 10.0 Å². The number of nitrogens with zero attached hydrogens (tertiary/aromatic N) is 5. The van der Waals surface area contributed by atoms with Gasteiger partial charge in [-0.3, -0.25) is 9.78 Å². The number of aromatic nitrogens is 4. The van der Waals surface area contributed by atoms with Crippen molar-refractivity contribution in [3.63, 3.8) is 0 Å². The molecule has 0 bridgehead atoms. The van der Waals surface area contributed by atoms with Crippen LogP contribution in [-0.4, -0.2) is 45.0 Å². The Kier molecular flexibility index (Phi) is 9.21. The van der Waals surface area contributed by atoms with Crippen LogP contribution in [0.3, 0.4) is 0 Å². The lowest BCUT2D eigenvalue weighted by Gasteiger charge is -2.34. The summed E-state index contributed by atoms with van der Waals surface area (Å²) in [7, 11) is -3.69. The van der Waals surface area contributed by atoms with E-state index in [0.29, 0.717) is 18.0 Å². The van der Waals surface area contributed by atoms with Gasteiger partial charge in [-0.15, -0.1) is 16.4 Å². The molecule has 0 N–H and O–H groups in total. The number of thiophene rings is 1. The minimum absolute atomic E-state index is 0.109. The summed E-state index contributed by atoms with van der Waals surface area (Å²) in [6.45, 7) is 13.8. The van der Waals surface area contributed by atoms with Crippen molar-refractivity contribution >= 4 is 38.2 Å². The first-order chi connectivity index (χ1) is 22.4. The first-order valence-corrected chi connectivity index (χ1v) is 18.6. The summed E-state index contributed by atoms with van der Waals surface area (Å²) in [4.78, 5) is 21.0. The molecule has 1 aliphatic rings. The lowest BCUT2D eigenvalue weighted by Crippen LogP contribution is -2.34. The maximum Gasteiger partial charge on any atom is 0.243 e. The van der Waals surface area contributed by atoms with E-state index in [-0.39, 0.29) is 30.6 Å². The third-order valence-electron chi connectivity index (χ3n) is 9.93. The fourth-order valence-corrected chi connectivity index (χ4v) is 10.1. The van der Waals surface area contributed by atoms with Crippen molar-refractivity contribution < 1.29 is 13.2 Å². The number of aryl methyl sites for hydroxylation is 3. The van der Waals surface area contributed by atoms with Gasteiger partial charge >= 0.3 is 0 Å². The van der Waals surface area contributed by atoms with Crippen LogP contribution in [0.2, 0.25) is 0 Å². The number of ketones is 1. The highest BCUT2D eigenvalue weighted by molar-refractivity contribution is 7.89. The molecule has 5 aromatic rings. The fourth-order valence-electron chi connectivity index (χ4n) is 6.99. The van der Waals surface area contributed by atoms with E-state index < -0.39 is 15.4 Å². The van der Waals surface area contributed by atoms with Crippen molar-refractivity contribution in [2.24, 2.45) is 11.3 Å². The zero-order valence-corrected chi connectivity index (χ0v) is 29.7. The van der Waals surface area contributed by atoms with Crippen LogP contribution < -0.4 is 0 Å². The predicted molar refractivity (Wildman–Crippen MR) is 187 cm³/mol. The summed E-state index contributed by atoms with van der Waals surface area (Å²) in [5.74, 6) is 0.0528. The second-order valence-corrected chi connectivity index (χ2v) is 16.5. The molecular formula is C37H43N5O3S2. The number of hydrogen-bond acceptors (Lipinski definition) is 7. The monoisotopic (exact) mass is 669 g/mol. The number of carbonyl (C=O) groups is 1. The van der Waals surface area contributed by atoms with Crippen LogP contribution in [-0.2, 0) is 40.7 Å². The molecule has 3 aromatic heterocycles. The Morgan fingerprint density at radius 1 is 1.09 bits per heavy atom. The number of pyridine rings is 1. The number of rotatable bonds is 10. The molecule has 0 saturated carbocycles. The first kappa shape index (κ1) is 33.2. The Morgan fingerprint density at radius 3 is 2.60 bits per heavy atom. The molecule has 8 nitrogen and oxygen atoms in total. The zero-order valence-electron chi connectivity index (χ0n) is 28.0. The maximum atomic E-state index is 14.2. The van der Waals surface area contributed by atoms with Crippen LogP contribution in [0.5, 0.6) is 0 Å². The van der Waals surface area contributed by atoms with Crippen molar-refractivity contribution in [3.05, 3.63) is 105 Å². The lowest BCUT2D eigenvalue weighted by atomic mass is 9.69. The average molecular weight is 670 g/mol. The normalized spacial score (nSPS) is 17.4. The van der Waals surface area contributed by atoms with Crippen LogP contribution in [0.1, 0.15) is 77.6 Å². The van der Waals surface area contributed by atoms with Gasteiger partial charge in [0.15, 0.2) is 0 Å². The summed E-state index contributed by atoms with van der Waals surface area (Å²) < 4.78 is 31.6. The fraction of sp³-hybridized carbons (Fsp3) is 0.405. The van der Waals surface area contributed by atoms with Crippen molar-refractivity contribution in [1.82, 2.24) is 24.3 Å². The van der Waals surface area contributed by atoms with Crippen molar-refractivity contribution in [1.29, 1.82) is 0 Å². The number of sulfonamides is 1. The van der Waals surface area contributed by atoms with E-state index in [1.807, 2.05) is 55.8 Å². The molecule has 0 unspecified atom stereocenters. The van der Waals surface area contributed by atoms with E-state index in [1.165, 1.54) is 0 Å². The number of benzene rings is 2. The molecule has 0 aliphatic carbocycles. The number of fused-ring (bicyclic) bond motifs is 2. The van der Waals surface area contributed by atoms with Crippen LogP contribution in [0.4, 0.5) is 0 Å². The van der Waals surface area contributed by atoms with Crippen molar-refractivity contribution in [2.45, 2.75) is 84.7 Å². The molecule has 0 fully saturated rings. The first-order valence-electron chi connectivity index (χ1n) is 16.4. The molecule has 0 saturated heterocycles. The predicted octanol–water partition coefficient (Wildman–Crippen LogP) is 7.27. The van der Waals surface area contributed by atoms with E-state index in [1.54, 1.807) is 34.1 Å². The molecule has 2 atom stereocenters. The Hall–Kier alpha value is -3.73. The number of carbonyl (C=O) groups excluding carboxylic acids is 1. The zero-order chi connectivity index (χ0) is 33.5. The molecule has 10 heteroatoms. The highest BCUT2D eigenvalue weighted by Gasteiger charge is 2.41. The number of hydrogen-bond donors (Lipinski definition) is 0. The van der Waals surface area contributed by atoms with Crippen molar-refractivity contribution in [3.8, 4) is 0 Å². The summed E-state index contributed by atoms with van der Waals surface area (Å²) in [6.07, 6.45) is 5.38. The Labute approximate surface area is 281 Å². The Morgan fingerprint density at radius 2 is 1.87 bits per heavy atom. The van der Waals surface area contributed by atoms with Gasteiger partial charge in [0.25, 0.3) is 0 Å². The molecule has 2 aromatic carbocycles.